The van der Waals surface area contributed by atoms with E-state index in [1.54, 1.807) is 16.6 Å². The average molecular weight is 318 g/mol. The molecule has 8 nitrogen and oxygen atoms in total. The van der Waals surface area contributed by atoms with E-state index in [4.69, 9.17) is 14.7 Å². The molecule has 5 rings (SSSR count). The fourth-order valence-corrected chi connectivity index (χ4v) is 2.73. The molecule has 0 fully saturated rings. The van der Waals surface area contributed by atoms with Gasteiger partial charge in [-0.15, -0.1) is 0 Å². The molecular formula is C16H10N6O2. The molecule has 2 aromatic carbocycles. The van der Waals surface area contributed by atoms with Gasteiger partial charge in [0.05, 0.1) is 22.7 Å². The minimum atomic E-state index is 0.223. The summed E-state index contributed by atoms with van der Waals surface area (Å²) < 4.78 is 12.5. The van der Waals surface area contributed by atoms with Crippen molar-refractivity contribution in [1.29, 1.82) is 5.26 Å². The predicted molar refractivity (Wildman–Crippen MR) is 85.4 cm³/mol. The van der Waals surface area contributed by atoms with Crippen molar-refractivity contribution in [1.82, 2.24) is 19.6 Å². The van der Waals surface area contributed by atoms with E-state index in [1.165, 1.54) is 0 Å². The molecule has 24 heavy (non-hydrogen) atoms. The van der Waals surface area contributed by atoms with Crippen LogP contribution in [0, 0.1) is 11.3 Å². The van der Waals surface area contributed by atoms with E-state index in [0.29, 0.717) is 28.8 Å². The third kappa shape index (κ3) is 1.85. The van der Waals surface area contributed by atoms with E-state index >= 15 is 0 Å². The molecule has 2 aromatic heterocycles. The zero-order valence-electron chi connectivity index (χ0n) is 12.3. The SMILES string of the molecule is N#Cc1cccc(Nc2nc3nc4cc5c(cc4n3[nH]2)OCO5)c1. The summed E-state index contributed by atoms with van der Waals surface area (Å²) in [6.07, 6.45) is 0. The van der Waals surface area contributed by atoms with E-state index < -0.39 is 0 Å². The minimum absolute atomic E-state index is 0.223. The van der Waals surface area contributed by atoms with Gasteiger partial charge in [-0.3, -0.25) is 5.10 Å². The second-order valence-corrected chi connectivity index (χ2v) is 5.33. The van der Waals surface area contributed by atoms with Crippen molar-refractivity contribution >= 4 is 28.4 Å². The van der Waals surface area contributed by atoms with Crippen LogP contribution in [-0.2, 0) is 0 Å². The van der Waals surface area contributed by atoms with Crippen LogP contribution < -0.4 is 14.8 Å². The van der Waals surface area contributed by atoms with E-state index in [0.717, 1.165) is 16.7 Å². The molecule has 0 amide bonds. The molecule has 8 heteroatoms. The highest BCUT2D eigenvalue weighted by molar-refractivity contribution is 5.83. The summed E-state index contributed by atoms with van der Waals surface area (Å²) in [4.78, 5) is 8.91. The van der Waals surface area contributed by atoms with Crippen LogP contribution in [-0.4, -0.2) is 26.4 Å². The maximum atomic E-state index is 8.97. The van der Waals surface area contributed by atoms with Crippen molar-refractivity contribution in [2.45, 2.75) is 0 Å². The minimum Gasteiger partial charge on any atom is -0.454 e. The topological polar surface area (TPSA) is 100 Å². The molecule has 0 saturated heterocycles. The number of nitrogens with zero attached hydrogens (tertiary/aromatic N) is 4. The summed E-state index contributed by atoms with van der Waals surface area (Å²) in [6.45, 7) is 0.223. The highest BCUT2D eigenvalue weighted by Crippen LogP contribution is 2.36. The standard InChI is InChI=1S/C16H10N6O2/c17-7-9-2-1-3-10(4-9)18-15-20-16-19-11-5-13-14(24-8-23-13)6-12(11)22(16)21-15/h1-6H,8H2,(H2,18,19,20,21). The van der Waals surface area contributed by atoms with E-state index in [-0.39, 0.29) is 6.79 Å². The van der Waals surface area contributed by atoms with Gasteiger partial charge < -0.3 is 14.8 Å². The molecule has 0 aliphatic carbocycles. The Labute approximate surface area is 135 Å². The molecule has 0 atom stereocenters. The van der Waals surface area contributed by atoms with Gasteiger partial charge in [0.25, 0.3) is 5.78 Å². The lowest BCUT2D eigenvalue weighted by atomic mass is 10.2. The van der Waals surface area contributed by atoms with Gasteiger partial charge in [-0.05, 0) is 18.2 Å². The number of aromatic nitrogens is 4. The van der Waals surface area contributed by atoms with E-state index in [2.05, 4.69) is 26.5 Å². The molecule has 4 aromatic rings. The number of hydrogen-bond donors (Lipinski definition) is 2. The molecule has 0 unspecified atom stereocenters. The quantitative estimate of drug-likeness (QED) is 0.589. The Morgan fingerprint density at radius 1 is 1.17 bits per heavy atom. The van der Waals surface area contributed by atoms with Gasteiger partial charge in [-0.2, -0.15) is 10.2 Å². The average Bonchev–Trinajstić information content (AvgIpc) is 3.27. The number of ether oxygens (including phenoxy) is 2. The molecule has 0 bridgehead atoms. The van der Waals surface area contributed by atoms with E-state index in [9.17, 15) is 0 Å². The molecule has 3 heterocycles. The first-order chi connectivity index (χ1) is 11.8. The smallest absolute Gasteiger partial charge is 0.253 e. The number of benzene rings is 2. The van der Waals surface area contributed by atoms with Gasteiger partial charge in [-0.1, -0.05) is 6.07 Å². The van der Waals surface area contributed by atoms with Crippen molar-refractivity contribution in [3.63, 3.8) is 0 Å². The Kier molecular flexibility index (Phi) is 2.47. The Morgan fingerprint density at radius 3 is 2.92 bits per heavy atom. The number of aromatic amines is 1. The lowest BCUT2D eigenvalue weighted by Crippen LogP contribution is -1.94. The van der Waals surface area contributed by atoms with Gasteiger partial charge in [0.2, 0.25) is 12.7 Å². The Bertz CT molecular complexity index is 1140. The van der Waals surface area contributed by atoms with Crippen LogP contribution in [0.1, 0.15) is 5.56 Å². The van der Waals surface area contributed by atoms with Gasteiger partial charge in [-0.25, -0.2) is 9.50 Å². The van der Waals surface area contributed by atoms with E-state index in [1.807, 2.05) is 24.3 Å². The molecule has 2 N–H and O–H groups in total. The van der Waals surface area contributed by atoms with Crippen LogP contribution in [0.25, 0.3) is 16.8 Å². The second kappa shape index (κ2) is 4.63. The van der Waals surface area contributed by atoms with Crippen molar-refractivity contribution < 1.29 is 9.47 Å². The zero-order chi connectivity index (χ0) is 16.1. The number of anilines is 2. The van der Waals surface area contributed by atoms with Gasteiger partial charge >= 0.3 is 0 Å². The largest absolute Gasteiger partial charge is 0.454 e. The first kappa shape index (κ1) is 12.8. The van der Waals surface area contributed by atoms with Gasteiger partial charge in [0.1, 0.15) is 0 Å². The number of nitriles is 1. The third-order valence-corrected chi connectivity index (χ3v) is 3.82. The van der Waals surface area contributed by atoms with Gasteiger partial charge in [0.15, 0.2) is 11.5 Å². The Balaban J connectivity index is 1.57. The summed E-state index contributed by atoms with van der Waals surface area (Å²) in [5.74, 6) is 2.45. The highest BCUT2D eigenvalue weighted by Gasteiger charge is 2.18. The highest BCUT2D eigenvalue weighted by atomic mass is 16.7. The number of hydrogen-bond acceptors (Lipinski definition) is 6. The van der Waals surface area contributed by atoms with Crippen LogP contribution in [0.5, 0.6) is 11.5 Å². The summed E-state index contributed by atoms with van der Waals surface area (Å²) >= 11 is 0. The van der Waals surface area contributed by atoms with Crippen LogP contribution in [0.4, 0.5) is 11.6 Å². The summed E-state index contributed by atoms with van der Waals surface area (Å²) in [5.41, 5.74) is 2.97. The lowest BCUT2D eigenvalue weighted by molar-refractivity contribution is 0.174. The molecule has 0 radical (unpaired) electrons. The zero-order valence-corrected chi connectivity index (χ0v) is 12.3. The number of fused-ring (bicyclic) bond motifs is 4. The molecular weight excluding hydrogens is 308 g/mol. The van der Waals surface area contributed by atoms with Crippen molar-refractivity contribution in [3.05, 3.63) is 42.0 Å². The van der Waals surface area contributed by atoms with Crippen LogP contribution >= 0.6 is 0 Å². The second-order valence-electron chi connectivity index (χ2n) is 5.33. The fraction of sp³-hybridized carbons (Fsp3) is 0.0625. The normalized spacial score (nSPS) is 12.6. The monoisotopic (exact) mass is 318 g/mol. The third-order valence-electron chi connectivity index (χ3n) is 3.82. The van der Waals surface area contributed by atoms with Crippen molar-refractivity contribution in [2.75, 3.05) is 12.1 Å². The Morgan fingerprint density at radius 2 is 2.04 bits per heavy atom. The molecule has 116 valence electrons. The molecule has 0 saturated carbocycles. The maximum Gasteiger partial charge on any atom is 0.253 e. The number of nitrogens with one attached hydrogen (secondary N) is 2. The maximum absolute atomic E-state index is 8.97. The molecule has 1 aliphatic rings. The predicted octanol–water partition coefficient (Wildman–Crippen LogP) is 2.55. The summed E-state index contributed by atoms with van der Waals surface area (Å²) in [6, 6.07) is 13.0. The first-order valence-electron chi connectivity index (χ1n) is 7.25. The number of imidazole rings is 1. The first-order valence-corrected chi connectivity index (χ1v) is 7.25. The van der Waals surface area contributed by atoms with Crippen LogP contribution in [0.3, 0.4) is 0 Å². The van der Waals surface area contributed by atoms with Crippen LogP contribution in [0.15, 0.2) is 36.4 Å². The summed E-state index contributed by atoms with van der Waals surface area (Å²) in [7, 11) is 0. The lowest BCUT2D eigenvalue weighted by Gasteiger charge is -2.02. The number of H-pyrrole nitrogens is 1. The van der Waals surface area contributed by atoms with Crippen molar-refractivity contribution in [3.8, 4) is 17.6 Å². The van der Waals surface area contributed by atoms with Crippen molar-refractivity contribution in [2.24, 2.45) is 0 Å². The van der Waals surface area contributed by atoms with Gasteiger partial charge in [0, 0.05) is 17.8 Å². The summed E-state index contributed by atoms with van der Waals surface area (Å²) in [5, 5.41) is 15.3. The number of rotatable bonds is 2. The molecule has 1 aliphatic heterocycles. The van der Waals surface area contributed by atoms with Crippen LogP contribution in [0.2, 0.25) is 0 Å². The Hall–Kier alpha value is -3.73. The fourth-order valence-electron chi connectivity index (χ4n) is 2.73. The molecule has 0 spiro atoms.